The summed E-state index contributed by atoms with van der Waals surface area (Å²) in [5.74, 6) is 0.494. The quantitative estimate of drug-likeness (QED) is 0.330. The van der Waals surface area contributed by atoms with Crippen molar-refractivity contribution in [1.29, 1.82) is 0 Å². The van der Waals surface area contributed by atoms with Gasteiger partial charge in [0.2, 0.25) is 0 Å². The molecule has 1 amide bonds. The standard InChI is InChI=1S/C24H28N4O4/c1-2-31-23(29)16-19(18-9-4-3-5-10-18)15-22-28-20(17-32-22)24(30)27-14-8-13-26-21-11-6-7-12-25-21/h3-7,9-12,17,19H,2,8,13-16H2,1H3,(H,25,26)(H,27,30). The van der Waals surface area contributed by atoms with Gasteiger partial charge in [0.25, 0.3) is 5.91 Å². The van der Waals surface area contributed by atoms with E-state index in [0.29, 0.717) is 32.0 Å². The third kappa shape index (κ3) is 7.23. The second kappa shape index (κ2) is 12.2. The predicted octanol–water partition coefficient (Wildman–Crippen LogP) is 3.58. The maximum Gasteiger partial charge on any atom is 0.306 e. The molecule has 0 aliphatic rings. The molecule has 3 rings (SSSR count). The fourth-order valence-electron chi connectivity index (χ4n) is 3.24. The Morgan fingerprint density at radius 1 is 1.09 bits per heavy atom. The molecule has 0 spiro atoms. The van der Waals surface area contributed by atoms with Crippen LogP contribution in [-0.4, -0.2) is 41.5 Å². The van der Waals surface area contributed by atoms with Crippen LogP contribution in [0.15, 0.2) is 65.4 Å². The molecule has 32 heavy (non-hydrogen) atoms. The van der Waals surface area contributed by atoms with Crippen LogP contribution >= 0.6 is 0 Å². The van der Waals surface area contributed by atoms with Crippen molar-refractivity contribution in [1.82, 2.24) is 15.3 Å². The Labute approximate surface area is 187 Å². The van der Waals surface area contributed by atoms with Crippen molar-refractivity contribution in [3.05, 3.63) is 78.1 Å². The second-order valence-electron chi connectivity index (χ2n) is 7.20. The summed E-state index contributed by atoms with van der Waals surface area (Å²) < 4.78 is 10.6. The van der Waals surface area contributed by atoms with Crippen LogP contribution < -0.4 is 10.6 Å². The molecule has 2 heterocycles. The summed E-state index contributed by atoms with van der Waals surface area (Å²) in [7, 11) is 0. The number of esters is 1. The van der Waals surface area contributed by atoms with Crippen molar-refractivity contribution in [3.8, 4) is 0 Å². The van der Waals surface area contributed by atoms with Gasteiger partial charge in [-0.1, -0.05) is 36.4 Å². The first-order valence-corrected chi connectivity index (χ1v) is 10.7. The minimum atomic E-state index is -0.292. The lowest BCUT2D eigenvalue weighted by molar-refractivity contribution is -0.143. The summed E-state index contributed by atoms with van der Waals surface area (Å²) in [5.41, 5.74) is 1.21. The highest BCUT2D eigenvalue weighted by atomic mass is 16.5. The molecule has 1 unspecified atom stereocenters. The van der Waals surface area contributed by atoms with Gasteiger partial charge in [-0.25, -0.2) is 9.97 Å². The SMILES string of the molecule is CCOC(=O)CC(Cc1nc(C(=O)NCCCNc2ccccn2)co1)c1ccccc1. The van der Waals surface area contributed by atoms with Gasteiger partial charge in [-0.3, -0.25) is 9.59 Å². The number of anilines is 1. The minimum Gasteiger partial charge on any atom is -0.466 e. The fourth-order valence-corrected chi connectivity index (χ4v) is 3.24. The Balaban J connectivity index is 1.50. The summed E-state index contributed by atoms with van der Waals surface area (Å²) in [6.07, 6.45) is 4.42. The minimum absolute atomic E-state index is 0.150. The lowest BCUT2D eigenvalue weighted by Crippen LogP contribution is -2.26. The molecule has 0 bridgehead atoms. The highest BCUT2D eigenvalue weighted by Crippen LogP contribution is 2.24. The third-order valence-electron chi connectivity index (χ3n) is 4.80. The number of aromatic nitrogens is 2. The zero-order valence-electron chi connectivity index (χ0n) is 18.1. The Kier molecular flexibility index (Phi) is 8.80. The molecule has 2 aromatic heterocycles. The molecular weight excluding hydrogens is 408 g/mol. The van der Waals surface area contributed by atoms with Gasteiger partial charge in [-0.2, -0.15) is 0 Å². The first kappa shape index (κ1) is 23.0. The topological polar surface area (TPSA) is 106 Å². The Morgan fingerprint density at radius 3 is 2.66 bits per heavy atom. The molecule has 168 valence electrons. The smallest absolute Gasteiger partial charge is 0.306 e. The molecule has 0 aliphatic heterocycles. The van der Waals surface area contributed by atoms with Crippen molar-refractivity contribution in [2.75, 3.05) is 25.0 Å². The number of hydrogen-bond donors (Lipinski definition) is 2. The van der Waals surface area contributed by atoms with Gasteiger partial charge in [0.05, 0.1) is 13.0 Å². The van der Waals surface area contributed by atoms with Gasteiger partial charge in [-0.05, 0) is 31.0 Å². The zero-order valence-corrected chi connectivity index (χ0v) is 18.1. The number of nitrogens with zero attached hydrogens (tertiary/aromatic N) is 2. The number of benzene rings is 1. The van der Waals surface area contributed by atoms with Crippen LogP contribution in [0.3, 0.4) is 0 Å². The van der Waals surface area contributed by atoms with Crippen LogP contribution in [0.4, 0.5) is 5.82 Å². The zero-order chi connectivity index (χ0) is 22.6. The number of amides is 1. The van der Waals surface area contributed by atoms with Crippen molar-refractivity contribution in [2.24, 2.45) is 0 Å². The summed E-state index contributed by atoms with van der Waals surface area (Å²) in [6.45, 7) is 3.30. The van der Waals surface area contributed by atoms with Crippen molar-refractivity contribution in [3.63, 3.8) is 0 Å². The molecule has 1 aromatic carbocycles. The van der Waals surface area contributed by atoms with Crippen molar-refractivity contribution >= 4 is 17.7 Å². The van der Waals surface area contributed by atoms with Crippen LogP contribution in [0.2, 0.25) is 0 Å². The van der Waals surface area contributed by atoms with E-state index in [1.165, 1.54) is 6.26 Å². The normalized spacial score (nSPS) is 11.5. The highest BCUT2D eigenvalue weighted by Gasteiger charge is 2.21. The summed E-state index contributed by atoms with van der Waals surface area (Å²) in [4.78, 5) is 32.9. The lowest BCUT2D eigenvalue weighted by atomic mass is 9.92. The number of nitrogens with one attached hydrogen (secondary N) is 2. The Hall–Kier alpha value is -3.68. The van der Waals surface area contributed by atoms with Crippen LogP contribution in [0.5, 0.6) is 0 Å². The number of carbonyl (C=O) groups excluding carboxylic acids is 2. The largest absolute Gasteiger partial charge is 0.466 e. The van der Waals surface area contributed by atoms with Crippen LogP contribution in [-0.2, 0) is 16.0 Å². The van der Waals surface area contributed by atoms with E-state index in [-0.39, 0.29) is 29.9 Å². The molecule has 0 radical (unpaired) electrons. The van der Waals surface area contributed by atoms with Crippen LogP contribution in [0.25, 0.3) is 0 Å². The first-order chi connectivity index (χ1) is 15.7. The maximum absolute atomic E-state index is 12.4. The number of carbonyl (C=O) groups is 2. The van der Waals surface area contributed by atoms with Gasteiger partial charge in [0.1, 0.15) is 12.1 Å². The Morgan fingerprint density at radius 2 is 1.91 bits per heavy atom. The molecule has 8 nitrogen and oxygen atoms in total. The fraction of sp³-hybridized carbons (Fsp3) is 0.333. The highest BCUT2D eigenvalue weighted by molar-refractivity contribution is 5.91. The van der Waals surface area contributed by atoms with Crippen molar-refractivity contribution in [2.45, 2.75) is 32.1 Å². The molecule has 0 saturated heterocycles. The number of hydrogen-bond acceptors (Lipinski definition) is 7. The molecule has 0 fully saturated rings. The van der Waals surface area contributed by atoms with E-state index in [1.807, 2.05) is 48.5 Å². The van der Waals surface area contributed by atoms with Gasteiger partial charge in [0.15, 0.2) is 11.6 Å². The molecule has 2 N–H and O–H groups in total. The van der Waals surface area contributed by atoms with Crippen LogP contribution in [0, 0.1) is 0 Å². The van der Waals surface area contributed by atoms with Crippen LogP contribution in [0.1, 0.15) is 47.6 Å². The van der Waals surface area contributed by atoms with Gasteiger partial charge < -0.3 is 19.8 Å². The van der Waals surface area contributed by atoms with E-state index < -0.39 is 0 Å². The van der Waals surface area contributed by atoms with E-state index in [2.05, 4.69) is 20.6 Å². The van der Waals surface area contributed by atoms with Gasteiger partial charge >= 0.3 is 5.97 Å². The molecule has 0 aliphatic carbocycles. The lowest BCUT2D eigenvalue weighted by Gasteiger charge is -2.14. The average molecular weight is 437 g/mol. The van der Waals surface area contributed by atoms with E-state index in [1.54, 1.807) is 13.1 Å². The second-order valence-corrected chi connectivity index (χ2v) is 7.20. The molecular formula is C24H28N4O4. The number of oxazole rings is 1. The maximum atomic E-state index is 12.4. The van der Waals surface area contributed by atoms with E-state index in [4.69, 9.17) is 9.15 Å². The molecule has 1 atom stereocenters. The van der Waals surface area contributed by atoms with E-state index in [0.717, 1.165) is 17.8 Å². The summed E-state index contributed by atoms with van der Waals surface area (Å²) >= 11 is 0. The Bertz CT molecular complexity index is 976. The predicted molar refractivity (Wildman–Crippen MR) is 120 cm³/mol. The number of pyridine rings is 1. The number of rotatable bonds is 12. The van der Waals surface area contributed by atoms with Gasteiger partial charge in [0, 0.05) is 31.6 Å². The third-order valence-corrected chi connectivity index (χ3v) is 4.80. The molecule has 3 aromatic rings. The molecule has 0 saturated carbocycles. The summed E-state index contributed by atoms with van der Waals surface area (Å²) in [6, 6.07) is 15.3. The number of ether oxygens (including phenoxy) is 1. The first-order valence-electron chi connectivity index (χ1n) is 10.7. The van der Waals surface area contributed by atoms with E-state index >= 15 is 0 Å². The monoisotopic (exact) mass is 436 g/mol. The van der Waals surface area contributed by atoms with Crippen molar-refractivity contribution < 1.29 is 18.7 Å². The van der Waals surface area contributed by atoms with Gasteiger partial charge in [-0.15, -0.1) is 0 Å². The summed E-state index contributed by atoms with van der Waals surface area (Å²) in [5, 5.41) is 6.03. The average Bonchev–Trinajstić information content (AvgIpc) is 3.28. The van der Waals surface area contributed by atoms with E-state index in [9.17, 15) is 9.59 Å². The molecule has 8 heteroatoms.